The third-order valence-electron chi connectivity index (χ3n) is 6.05. The van der Waals surface area contributed by atoms with Gasteiger partial charge in [-0.15, -0.1) is 0 Å². The van der Waals surface area contributed by atoms with Gasteiger partial charge in [-0.2, -0.15) is 5.10 Å². The zero-order valence-electron chi connectivity index (χ0n) is 19.6. The molecule has 0 unspecified atom stereocenters. The number of hydrogen-bond donors (Lipinski definition) is 0. The number of carbonyl (C=O) groups excluding carboxylic acids is 1. The highest BCUT2D eigenvalue weighted by Gasteiger charge is 2.18. The monoisotopic (exact) mass is 463 g/mol. The van der Waals surface area contributed by atoms with Crippen molar-refractivity contribution in [2.45, 2.75) is 20.0 Å². The molecule has 0 saturated heterocycles. The second-order valence-electron chi connectivity index (χ2n) is 8.55. The van der Waals surface area contributed by atoms with Gasteiger partial charge in [0.1, 0.15) is 6.54 Å². The number of aromatic nitrogens is 4. The maximum Gasteiger partial charge on any atom is 0.261 e. The summed E-state index contributed by atoms with van der Waals surface area (Å²) < 4.78 is 3.20. The molecule has 1 amide bonds. The molecule has 0 aliphatic carbocycles. The van der Waals surface area contributed by atoms with Crippen LogP contribution in [0.4, 0.5) is 0 Å². The first-order valence-corrected chi connectivity index (χ1v) is 11.4. The molecular weight excluding hydrogens is 438 g/mol. The molecular formula is C28H25N5O2. The van der Waals surface area contributed by atoms with Gasteiger partial charge in [0, 0.05) is 30.9 Å². The molecule has 5 rings (SSSR count). The Bertz CT molecular complexity index is 1560. The minimum absolute atomic E-state index is 0.0836. The fourth-order valence-corrected chi connectivity index (χ4v) is 4.14. The zero-order chi connectivity index (χ0) is 24.4. The number of likely N-dealkylation sites (N-methyl/N-ethyl adjacent to an activating group) is 1. The number of para-hydroxylation sites is 2. The number of aryl methyl sites for hydroxylation is 1. The van der Waals surface area contributed by atoms with E-state index in [0.29, 0.717) is 17.4 Å². The van der Waals surface area contributed by atoms with E-state index in [1.807, 2.05) is 90.6 Å². The van der Waals surface area contributed by atoms with E-state index in [2.05, 4.69) is 4.98 Å². The summed E-state index contributed by atoms with van der Waals surface area (Å²) in [6.45, 7) is 2.18. The lowest BCUT2D eigenvalue weighted by Crippen LogP contribution is -2.33. The highest BCUT2D eigenvalue weighted by Crippen LogP contribution is 2.24. The second kappa shape index (κ2) is 9.38. The van der Waals surface area contributed by atoms with E-state index in [-0.39, 0.29) is 18.0 Å². The third kappa shape index (κ3) is 4.48. The Morgan fingerprint density at radius 3 is 2.40 bits per heavy atom. The van der Waals surface area contributed by atoms with Crippen molar-refractivity contribution in [1.29, 1.82) is 0 Å². The van der Waals surface area contributed by atoms with Crippen LogP contribution in [0.15, 0.2) is 96.2 Å². The summed E-state index contributed by atoms with van der Waals surface area (Å²) in [5.41, 5.74) is 5.01. The van der Waals surface area contributed by atoms with Gasteiger partial charge >= 0.3 is 0 Å². The normalized spacial score (nSPS) is 11.0. The number of hydrogen-bond acceptors (Lipinski definition) is 4. The van der Waals surface area contributed by atoms with Gasteiger partial charge in [0.2, 0.25) is 5.91 Å². The van der Waals surface area contributed by atoms with Crippen molar-refractivity contribution in [2.75, 3.05) is 7.05 Å². The van der Waals surface area contributed by atoms with E-state index in [4.69, 9.17) is 5.10 Å². The topological polar surface area (TPSA) is 73.0 Å². The molecule has 3 aromatic carbocycles. The van der Waals surface area contributed by atoms with E-state index >= 15 is 0 Å². The Labute approximate surface area is 202 Å². The molecule has 0 saturated carbocycles. The van der Waals surface area contributed by atoms with Crippen LogP contribution >= 0.6 is 0 Å². The first-order valence-electron chi connectivity index (χ1n) is 11.4. The van der Waals surface area contributed by atoms with Crippen LogP contribution in [0, 0.1) is 6.92 Å². The van der Waals surface area contributed by atoms with Crippen LogP contribution < -0.4 is 5.56 Å². The van der Waals surface area contributed by atoms with E-state index in [0.717, 1.165) is 28.1 Å². The van der Waals surface area contributed by atoms with E-state index in [1.165, 1.54) is 10.9 Å². The van der Waals surface area contributed by atoms with Crippen LogP contribution in [0.1, 0.15) is 11.1 Å². The summed E-state index contributed by atoms with van der Waals surface area (Å²) in [7, 11) is 1.74. The molecule has 174 valence electrons. The molecule has 2 aromatic heterocycles. The number of rotatable bonds is 6. The van der Waals surface area contributed by atoms with Gasteiger partial charge in [0.05, 0.1) is 28.6 Å². The summed E-state index contributed by atoms with van der Waals surface area (Å²) in [5.74, 6) is -0.188. The molecule has 0 radical (unpaired) electrons. The average molecular weight is 464 g/mol. The van der Waals surface area contributed by atoms with Gasteiger partial charge in [-0.05, 0) is 30.7 Å². The maximum absolute atomic E-state index is 13.1. The van der Waals surface area contributed by atoms with Gasteiger partial charge in [-0.1, -0.05) is 60.7 Å². The molecule has 0 spiro atoms. The minimum atomic E-state index is -0.220. The molecule has 0 atom stereocenters. The van der Waals surface area contributed by atoms with Crippen molar-refractivity contribution >= 4 is 16.8 Å². The Hall–Kier alpha value is -4.52. The molecule has 0 bridgehead atoms. The van der Waals surface area contributed by atoms with Crippen molar-refractivity contribution in [3.05, 3.63) is 113 Å². The summed E-state index contributed by atoms with van der Waals surface area (Å²) in [6.07, 6.45) is 3.40. The predicted molar refractivity (Wildman–Crippen MR) is 136 cm³/mol. The second-order valence-corrected chi connectivity index (χ2v) is 8.55. The smallest absolute Gasteiger partial charge is 0.261 e. The van der Waals surface area contributed by atoms with Crippen LogP contribution in [-0.4, -0.2) is 37.2 Å². The largest absolute Gasteiger partial charge is 0.340 e. The Kier molecular flexibility index (Phi) is 5.97. The predicted octanol–water partition coefficient (Wildman–Crippen LogP) is 4.22. The third-order valence-corrected chi connectivity index (χ3v) is 6.05. The quantitative estimate of drug-likeness (QED) is 0.378. The van der Waals surface area contributed by atoms with Crippen molar-refractivity contribution in [1.82, 2.24) is 24.2 Å². The fraction of sp³-hybridized carbons (Fsp3) is 0.143. The summed E-state index contributed by atoms with van der Waals surface area (Å²) in [6, 6.07) is 25.3. The van der Waals surface area contributed by atoms with Crippen LogP contribution in [0.3, 0.4) is 0 Å². The lowest BCUT2D eigenvalue weighted by atomic mass is 10.1. The fourth-order valence-electron chi connectivity index (χ4n) is 4.14. The van der Waals surface area contributed by atoms with Gasteiger partial charge in [0.15, 0.2) is 0 Å². The summed E-state index contributed by atoms with van der Waals surface area (Å²) >= 11 is 0. The molecule has 5 aromatic rings. The van der Waals surface area contributed by atoms with Crippen molar-refractivity contribution in [3.8, 4) is 16.9 Å². The average Bonchev–Trinajstić information content (AvgIpc) is 3.31. The summed E-state index contributed by atoms with van der Waals surface area (Å²) in [4.78, 5) is 32.1. The number of fused-ring (bicyclic) bond motifs is 1. The first kappa shape index (κ1) is 22.3. The molecule has 7 nitrogen and oxygen atoms in total. The highest BCUT2D eigenvalue weighted by molar-refractivity contribution is 5.81. The Morgan fingerprint density at radius 2 is 1.66 bits per heavy atom. The maximum atomic E-state index is 13.1. The Balaban J connectivity index is 1.42. The van der Waals surface area contributed by atoms with Crippen LogP contribution in [0.2, 0.25) is 0 Å². The molecule has 7 heteroatoms. The molecule has 0 aliphatic rings. The molecule has 35 heavy (non-hydrogen) atoms. The highest BCUT2D eigenvalue weighted by atomic mass is 16.2. The van der Waals surface area contributed by atoms with E-state index < -0.39 is 0 Å². The van der Waals surface area contributed by atoms with Crippen molar-refractivity contribution < 1.29 is 4.79 Å². The van der Waals surface area contributed by atoms with Gasteiger partial charge in [-0.25, -0.2) is 9.67 Å². The number of carbonyl (C=O) groups is 1. The minimum Gasteiger partial charge on any atom is -0.340 e. The number of nitrogens with zero attached hydrogens (tertiary/aromatic N) is 5. The molecule has 0 aliphatic heterocycles. The lowest BCUT2D eigenvalue weighted by Gasteiger charge is -2.18. The van der Waals surface area contributed by atoms with Gasteiger partial charge < -0.3 is 4.90 Å². The van der Waals surface area contributed by atoms with Crippen molar-refractivity contribution in [2.24, 2.45) is 0 Å². The number of benzene rings is 3. The standard InChI is InChI=1S/C28H25N5O2/c1-20-10-9-15-24-26(20)29-19-32(28(24)35)18-25(34)31(2)16-22-17-33(23-13-7-4-8-14-23)30-27(22)21-11-5-3-6-12-21/h3-15,17,19H,16,18H2,1-2H3. The van der Waals surface area contributed by atoms with Crippen LogP contribution in [0.25, 0.3) is 27.8 Å². The number of amides is 1. The van der Waals surface area contributed by atoms with Crippen LogP contribution in [0.5, 0.6) is 0 Å². The lowest BCUT2D eigenvalue weighted by molar-refractivity contribution is -0.131. The molecule has 0 N–H and O–H groups in total. The zero-order valence-corrected chi connectivity index (χ0v) is 19.6. The molecule has 0 fully saturated rings. The van der Waals surface area contributed by atoms with E-state index in [1.54, 1.807) is 18.0 Å². The first-order chi connectivity index (χ1) is 17.0. The van der Waals surface area contributed by atoms with Gasteiger partial charge in [-0.3, -0.25) is 14.2 Å². The molecule has 2 heterocycles. The van der Waals surface area contributed by atoms with Crippen molar-refractivity contribution in [3.63, 3.8) is 0 Å². The van der Waals surface area contributed by atoms with Gasteiger partial charge in [0.25, 0.3) is 5.56 Å². The summed E-state index contributed by atoms with van der Waals surface area (Å²) in [5, 5.41) is 5.33. The Morgan fingerprint density at radius 1 is 0.943 bits per heavy atom. The van der Waals surface area contributed by atoms with E-state index in [9.17, 15) is 9.59 Å². The van der Waals surface area contributed by atoms with Crippen LogP contribution in [-0.2, 0) is 17.9 Å². The SMILES string of the molecule is Cc1cccc2c(=O)n(CC(=O)N(C)Cc3cn(-c4ccccc4)nc3-c3ccccc3)cnc12.